The third kappa shape index (κ3) is 2.69. The predicted octanol–water partition coefficient (Wildman–Crippen LogP) is 0.151. The van der Waals surface area contributed by atoms with E-state index in [1.807, 2.05) is 19.0 Å². The van der Waals surface area contributed by atoms with E-state index in [0.717, 1.165) is 6.54 Å². The van der Waals surface area contributed by atoms with Crippen LogP contribution in [0.5, 0.6) is 5.75 Å². The first-order valence-corrected chi connectivity index (χ1v) is 4.54. The molecule has 0 atom stereocenters. The first kappa shape index (κ1) is 11.5. The van der Waals surface area contributed by atoms with E-state index in [-0.39, 0.29) is 5.69 Å². The second-order valence-electron chi connectivity index (χ2n) is 3.39. The molecule has 0 amide bonds. The molecule has 0 aliphatic rings. The van der Waals surface area contributed by atoms with Crippen LogP contribution in [0, 0.1) is 0 Å². The lowest BCUT2D eigenvalue weighted by Crippen LogP contribution is -2.21. The van der Waals surface area contributed by atoms with Crippen molar-refractivity contribution in [2.75, 3.05) is 27.7 Å². The molecule has 0 bridgehead atoms. The number of aromatic nitrogens is 2. The third-order valence-corrected chi connectivity index (χ3v) is 1.99. The molecule has 1 rings (SSSR count). The topological polar surface area (TPSA) is 67.6 Å². The molecule has 1 aromatic rings. The van der Waals surface area contributed by atoms with Crippen molar-refractivity contribution < 1.29 is 14.6 Å². The minimum Gasteiger partial charge on any atom is -0.493 e. The first-order chi connectivity index (χ1) is 7.06. The summed E-state index contributed by atoms with van der Waals surface area (Å²) in [5, 5.41) is 12.9. The second kappa shape index (κ2) is 4.79. The molecule has 0 radical (unpaired) electrons. The van der Waals surface area contributed by atoms with E-state index in [9.17, 15) is 4.79 Å². The Kier molecular flexibility index (Phi) is 3.68. The Hall–Kier alpha value is -1.56. The van der Waals surface area contributed by atoms with Crippen molar-refractivity contribution in [3.63, 3.8) is 0 Å². The molecular formula is C9H15N3O3. The van der Waals surface area contributed by atoms with E-state index < -0.39 is 5.97 Å². The van der Waals surface area contributed by atoms with Crippen LogP contribution < -0.4 is 4.74 Å². The first-order valence-electron chi connectivity index (χ1n) is 4.54. The van der Waals surface area contributed by atoms with Crippen LogP contribution >= 0.6 is 0 Å². The number of carbonyl (C=O) groups is 1. The molecule has 1 heterocycles. The van der Waals surface area contributed by atoms with Crippen LogP contribution in [-0.2, 0) is 6.54 Å². The Balaban J connectivity index is 2.87. The number of nitrogens with zero attached hydrogens (tertiary/aromatic N) is 3. The van der Waals surface area contributed by atoms with Gasteiger partial charge in [0.15, 0.2) is 11.4 Å². The summed E-state index contributed by atoms with van der Waals surface area (Å²) in [4.78, 5) is 12.9. The number of aromatic carboxylic acids is 1. The number of methoxy groups -OCH3 is 1. The number of hydrogen-bond acceptors (Lipinski definition) is 4. The van der Waals surface area contributed by atoms with Gasteiger partial charge < -0.3 is 14.7 Å². The SMILES string of the molecule is COc1cnn(CCN(C)C)c1C(=O)O. The maximum atomic E-state index is 11.0. The zero-order valence-corrected chi connectivity index (χ0v) is 9.10. The van der Waals surface area contributed by atoms with Crippen molar-refractivity contribution in [2.24, 2.45) is 0 Å². The monoisotopic (exact) mass is 213 g/mol. The van der Waals surface area contributed by atoms with Gasteiger partial charge in [0.1, 0.15) is 0 Å². The highest BCUT2D eigenvalue weighted by Crippen LogP contribution is 2.16. The molecule has 0 aliphatic carbocycles. The van der Waals surface area contributed by atoms with E-state index >= 15 is 0 Å². The Labute approximate surface area is 88.1 Å². The summed E-state index contributed by atoms with van der Waals surface area (Å²) >= 11 is 0. The molecule has 0 spiro atoms. The maximum absolute atomic E-state index is 11.0. The molecule has 15 heavy (non-hydrogen) atoms. The van der Waals surface area contributed by atoms with E-state index in [1.54, 1.807) is 0 Å². The van der Waals surface area contributed by atoms with Gasteiger partial charge in [-0.15, -0.1) is 0 Å². The summed E-state index contributed by atoms with van der Waals surface area (Å²) in [6, 6.07) is 0. The molecule has 0 aliphatic heterocycles. The number of carboxylic acids is 1. The van der Waals surface area contributed by atoms with Gasteiger partial charge in [0.05, 0.1) is 19.9 Å². The van der Waals surface area contributed by atoms with Crippen LogP contribution in [0.3, 0.4) is 0 Å². The Morgan fingerprint density at radius 3 is 2.80 bits per heavy atom. The standard InChI is InChI=1S/C9H15N3O3/c1-11(2)4-5-12-8(9(13)14)7(15-3)6-10-12/h6H,4-5H2,1-3H3,(H,13,14). The average Bonchev–Trinajstić information content (AvgIpc) is 2.57. The third-order valence-electron chi connectivity index (χ3n) is 1.99. The van der Waals surface area contributed by atoms with Gasteiger partial charge in [-0.2, -0.15) is 5.10 Å². The summed E-state index contributed by atoms with van der Waals surface area (Å²) in [6.07, 6.45) is 1.42. The van der Waals surface area contributed by atoms with Crippen LogP contribution in [0.25, 0.3) is 0 Å². The summed E-state index contributed by atoms with van der Waals surface area (Å²) in [5.74, 6) is -0.732. The van der Waals surface area contributed by atoms with Crippen molar-refractivity contribution in [1.29, 1.82) is 0 Å². The number of carboxylic acid groups (broad SMARTS) is 1. The minimum absolute atomic E-state index is 0.0966. The van der Waals surface area contributed by atoms with Gasteiger partial charge in [-0.05, 0) is 14.1 Å². The molecule has 0 unspecified atom stereocenters. The van der Waals surface area contributed by atoms with Crippen molar-refractivity contribution >= 4 is 5.97 Å². The number of ether oxygens (including phenoxy) is 1. The average molecular weight is 213 g/mol. The van der Waals surface area contributed by atoms with Crippen LogP contribution in [-0.4, -0.2) is 53.5 Å². The van der Waals surface area contributed by atoms with Gasteiger partial charge in [0.25, 0.3) is 0 Å². The van der Waals surface area contributed by atoms with E-state index in [1.165, 1.54) is 18.0 Å². The van der Waals surface area contributed by atoms with Crippen LogP contribution in [0.4, 0.5) is 0 Å². The molecule has 84 valence electrons. The molecule has 0 aromatic carbocycles. The summed E-state index contributed by atoms with van der Waals surface area (Å²) < 4.78 is 6.35. The molecule has 1 aromatic heterocycles. The van der Waals surface area contributed by atoms with Crippen LogP contribution in [0.15, 0.2) is 6.20 Å². The van der Waals surface area contributed by atoms with E-state index in [0.29, 0.717) is 12.3 Å². The lowest BCUT2D eigenvalue weighted by atomic mass is 10.4. The van der Waals surface area contributed by atoms with Gasteiger partial charge in [-0.25, -0.2) is 4.79 Å². The molecule has 1 N–H and O–H groups in total. The van der Waals surface area contributed by atoms with Gasteiger partial charge in [0, 0.05) is 6.54 Å². The van der Waals surface area contributed by atoms with Gasteiger partial charge in [0.2, 0.25) is 0 Å². The molecular weight excluding hydrogens is 198 g/mol. The lowest BCUT2D eigenvalue weighted by molar-refractivity contribution is 0.0678. The van der Waals surface area contributed by atoms with Crippen LogP contribution in [0.2, 0.25) is 0 Å². The highest BCUT2D eigenvalue weighted by molar-refractivity contribution is 5.88. The second-order valence-corrected chi connectivity index (χ2v) is 3.39. The fourth-order valence-corrected chi connectivity index (χ4v) is 1.20. The Bertz CT molecular complexity index is 346. The fraction of sp³-hybridized carbons (Fsp3) is 0.556. The highest BCUT2D eigenvalue weighted by Gasteiger charge is 2.18. The molecule has 0 saturated carbocycles. The maximum Gasteiger partial charge on any atom is 0.358 e. The molecule has 6 nitrogen and oxygen atoms in total. The highest BCUT2D eigenvalue weighted by atomic mass is 16.5. The van der Waals surface area contributed by atoms with Crippen molar-refractivity contribution in [1.82, 2.24) is 14.7 Å². The zero-order valence-electron chi connectivity index (χ0n) is 9.10. The Morgan fingerprint density at radius 1 is 1.67 bits per heavy atom. The summed E-state index contributed by atoms with van der Waals surface area (Å²) in [7, 11) is 5.27. The molecule has 0 fully saturated rings. The normalized spacial score (nSPS) is 10.7. The van der Waals surface area contributed by atoms with Gasteiger partial charge in [-0.3, -0.25) is 4.68 Å². The summed E-state index contributed by atoms with van der Waals surface area (Å²) in [6.45, 7) is 1.25. The number of rotatable bonds is 5. The predicted molar refractivity (Wildman–Crippen MR) is 54.3 cm³/mol. The number of likely N-dealkylation sites (N-methyl/N-ethyl adjacent to an activating group) is 1. The number of hydrogen-bond donors (Lipinski definition) is 1. The van der Waals surface area contributed by atoms with E-state index in [2.05, 4.69) is 5.10 Å². The smallest absolute Gasteiger partial charge is 0.358 e. The zero-order chi connectivity index (χ0) is 11.4. The van der Waals surface area contributed by atoms with Crippen molar-refractivity contribution in [3.8, 4) is 5.75 Å². The van der Waals surface area contributed by atoms with E-state index in [4.69, 9.17) is 9.84 Å². The quantitative estimate of drug-likeness (QED) is 0.754. The van der Waals surface area contributed by atoms with Crippen molar-refractivity contribution in [3.05, 3.63) is 11.9 Å². The van der Waals surface area contributed by atoms with Gasteiger partial charge in [-0.1, -0.05) is 0 Å². The molecule has 0 saturated heterocycles. The summed E-state index contributed by atoms with van der Waals surface area (Å²) in [5.41, 5.74) is 0.0966. The fourth-order valence-electron chi connectivity index (χ4n) is 1.20. The lowest BCUT2D eigenvalue weighted by Gasteiger charge is -2.10. The largest absolute Gasteiger partial charge is 0.493 e. The molecule has 6 heteroatoms. The minimum atomic E-state index is -1.02. The Morgan fingerprint density at radius 2 is 2.33 bits per heavy atom. The van der Waals surface area contributed by atoms with Gasteiger partial charge >= 0.3 is 5.97 Å². The van der Waals surface area contributed by atoms with Crippen LogP contribution in [0.1, 0.15) is 10.5 Å². The van der Waals surface area contributed by atoms with Crippen molar-refractivity contribution in [2.45, 2.75) is 6.54 Å².